The second-order valence-corrected chi connectivity index (χ2v) is 8.15. The van der Waals surface area contributed by atoms with E-state index in [9.17, 15) is 19.2 Å². The average Bonchev–Trinajstić information content (AvgIpc) is 2.91. The van der Waals surface area contributed by atoms with Crippen molar-refractivity contribution in [1.29, 1.82) is 0 Å². The van der Waals surface area contributed by atoms with Gasteiger partial charge in [0.05, 0.1) is 6.04 Å². The van der Waals surface area contributed by atoms with Crippen LogP contribution in [0.3, 0.4) is 0 Å². The highest BCUT2D eigenvalue weighted by Gasteiger charge is 2.33. The van der Waals surface area contributed by atoms with Gasteiger partial charge in [0.2, 0.25) is 23.6 Å². The number of fused-ring (bicyclic) bond motifs is 1. The Bertz CT molecular complexity index is 1020. The standard InChI is InChI=1S/C24H29N5O4/c1-15(25)23(32)28-18-12-11-17-9-5-6-10-20(17)29(24(18)33)14-21(30)27-19(22(26)31)13-16-7-3-2-4-8-16/h2-10,15,18-19H,11-14,25H2,1H3,(H2,26,31)(H,27,30)(H,28,32)/t15-,18?,19-/m0/s1. The van der Waals surface area contributed by atoms with Gasteiger partial charge in [0.25, 0.3) is 0 Å². The van der Waals surface area contributed by atoms with Crippen molar-refractivity contribution in [3.63, 3.8) is 0 Å². The van der Waals surface area contributed by atoms with Crippen molar-refractivity contribution >= 4 is 29.3 Å². The smallest absolute Gasteiger partial charge is 0.250 e. The van der Waals surface area contributed by atoms with Crippen LogP contribution in [-0.4, -0.2) is 48.3 Å². The first-order valence-electron chi connectivity index (χ1n) is 10.8. The summed E-state index contributed by atoms with van der Waals surface area (Å²) in [5, 5.41) is 5.32. The lowest BCUT2D eigenvalue weighted by atomic mass is 10.1. The summed E-state index contributed by atoms with van der Waals surface area (Å²) >= 11 is 0. The van der Waals surface area contributed by atoms with Crippen LogP contribution in [0.2, 0.25) is 0 Å². The monoisotopic (exact) mass is 451 g/mol. The molecule has 3 rings (SSSR count). The van der Waals surface area contributed by atoms with E-state index in [0.29, 0.717) is 18.5 Å². The van der Waals surface area contributed by atoms with E-state index in [4.69, 9.17) is 11.5 Å². The molecule has 0 saturated carbocycles. The summed E-state index contributed by atoms with van der Waals surface area (Å²) in [6, 6.07) is 13.9. The lowest BCUT2D eigenvalue weighted by Gasteiger charge is -2.27. The van der Waals surface area contributed by atoms with E-state index in [0.717, 1.165) is 11.1 Å². The zero-order valence-electron chi connectivity index (χ0n) is 18.5. The Kier molecular flexibility index (Phi) is 7.78. The van der Waals surface area contributed by atoms with E-state index in [1.807, 2.05) is 42.5 Å². The molecular formula is C24H29N5O4. The van der Waals surface area contributed by atoms with Crippen LogP contribution in [0.1, 0.15) is 24.5 Å². The van der Waals surface area contributed by atoms with Crippen molar-refractivity contribution in [2.75, 3.05) is 11.4 Å². The molecule has 0 radical (unpaired) electrons. The number of primary amides is 1. The maximum absolute atomic E-state index is 13.3. The molecule has 3 atom stereocenters. The highest BCUT2D eigenvalue weighted by molar-refractivity contribution is 6.04. The Hall–Kier alpha value is -3.72. The zero-order valence-corrected chi connectivity index (χ0v) is 18.5. The number of para-hydroxylation sites is 1. The molecule has 0 saturated heterocycles. The maximum atomic E-state index is 13.3. The maximum Gasteiger partial charge on any atom is 0.250 e. The van der Waals surface area contributed by atoms with E-state index in [2.05, 4.69) is 10.6 Å². The van der Waals surface area contributed by atoms with Gasteiger partial charge in [-0.15, -0.1) is 0 Å². The van der Waals surface area contributed by atoms with Crippen LogP contribution in [0.5, 0.6) is 0 Å². The minimum Gasteiger partial charge on any atom is -0.368 e. The molecule has 1 aliphatic rings. The van der Waals surface area contributed by atoms with Gasteiger partial charge >= 0.3 is 0 Å². The number of hydrogen-bond acceptors (Lipinski definition) is 5. The molecular weight excluding hydrogens is 422 g/mol. The molecule has 1 aliphatic heterocycles. The average molecular weight is 452 g/mol. The van der Waals surface area contributed by atoms with Gasteiger partial charge in [0.15, 0.2) is 0 Å². The molecule has 1 heterocycles. The molecule has 2 aromatic carbocycles. The number of nitrogens with one attached hydrogen (secondary N) is 2. The highest BCUT2D eigenvalue weighted by atomic mass is 16.2. The van der Waals surface area contributed by atoms with Gasteiger partial charge in [-0.05, 0) is 37.0 Å². The molecule has 9 nitrogen and oxygen atoms in total. The Labute approximate surface area is 192 Å². The first kappa shape index (κ1) is 23.9. The third kappa shape index (κ3) is 6.17. The molecule has 0 bridgehead atoms. The molecule has 4 amide bonds. The van der Waals surface area contributed by atoms with E-state index in [1.54, 1.807) is 12.1 Å². The molecule has 0 aromatic heterocycles. The van der Waals surface area contributed by atoms with Gasteiger partial charge in [-0.25, -0.2) is 0 Å². The van der Waals surface area contributed by atoms with Gasteiger partial charge in [-0.1, -0.05) is 48.5 Å². The predicted molar refractivity (Wildman–Crippen MR) is 124 cm³/mol. The number of anilines is 1. The van der Waals surface area contributed by atoms with Crippen LogP contribution in [0.15, 0.2) is 54.6 Å². The van der Waals surface area contributed by atoms with Crippen molar-refractivity contribution < 1.29 is 19.2 Å². The molecule has 1 unspecified atom stereocenters. The number of aryl methyl sites for hydroxylation is 1. The van der Waals surface area contributed by atoms with Crippen LogP contribution in [0.25, 0.3) is 0 Å². The van der Waals surface area contributed by atoms with Gasteiger partial charge in [0.1, 0.15) is 18.6 Å². The third-order valence-electron chi connectivity index (χ3n) is 5.54. The van der Waals surface area contributed by atoms with Crippen LogP contribution in [0, 0.1) is 0 Å². The number of carbonyl (C=O) groups excluding carboxylic acids is 4. The first-order chi connectivity index (χ1) is 15.8. The topological polar surface area (TPSA) is 148 Å². The van der Waals surface area contributed by atoms with Gasteiger partial charge in [-0.2, -0.15) is 0 Å². The van der Waals surface area contributed by atoms with Crippen LogP contribution < -0.4 is 27.0 Å². The largest absolute Gasteiger partial charge is 0.368 e. The van der Waals surface area contributed by atoms with Gasteiger partial charge in [-0.3, -0.25) is 19.2 Å². The molecule has 174 valence electrons. The number of amides is 4. The normalized spacial score (nSPS) is 17.3. The zero-order chi connectivity index (χ0) is 24.0. The Balaban J connectivity index is 1.79. The number of nitrogens with zero attached hydrogens (tertiary/aromatic N) is 1. The second-order valence-electron chi connectivity index (χ2n) is 8.15. The molecule has 6 N–H and O–H groups in total. The summed E-state index contributed by atoms with van der Waals surface area (Å²) in [4.78, 5) is 51.6. The Morgan fingerprint density at radius 3 is 2.42 bits per heavy atom. The lowest BCUT2D eigenvalue weighted by molar-refractivity contribution is -0.129. The van der Waals surface area contributed by atoms with Crippen molar-refractivity contribution in [2.45, 2.75) is 44.3 Å². The van der Waals surface area contributed by atoms with Crippen LogP contribution in [0.4, 0.5) is 5.69 Å². The number of nitrogens with two attached hydrogens (primary N) is 2. The fraction of sp³-hybridized carbons (Fsp3) is 0.333. The van der Waals surface area contributed by atoms with Crippen molar-refractivity contribution in [3.05, 3.63) is 65.7 Å². The molecule has 0 spiro atoms. The molecule has 0 fully saturated rings. The van der Waals surface area contributed by atoms with Gasteiger partial charge in [0, 0.05) is 12.1 Å². The Morgan fingerprint density at radius 1 is 1.09 bits per heavy atom. The van der Waals surface area contributed by atoms with E-state index in [1.165, 1.54) is 11.8 Å². The molecule has 0 aliphatic carbocycles. The predicted octanol–water partition coefficient (Wildman–Crippen LogP) is 0.0106. The number of hydrogen-bond donors (Lipinski definition) is 4. The minimum atomic E-state index is -0.925. The van der Waals surface area contributed by atoms with Crippen LogP contribution in [-0.2, 0) is 32.0 Å². The van der Waals surface area contributed by atoms with Crippen molar-refractivity contribution in [2.24, 2.45) is 11.5 Å². The summed E-state index contributed by atoms with van der Waals surface area (Å²) in [5.41, 5.74) is 13.5. The SMILES string of the molecule is C[C@H](N)C(=O)NC1CCc2ccccc2N(CC(=O)N[C@@H](Cc2ccccc2)C(N)=O)C1=O. The van der Waals surface area contributed by atoms with E-state index < -0.39 is 41.8 Å². The summed E-state index contributed by atoms with van der Waals surface area (Å²) < 4.78 is 0. The lowest BCUT2D eigenvalue weighted by Crippen LogP contribution is -2.54. The number of rotatable bonds is 8. The first-order valence-corrected chi connectivity index (χ1v) is 10.8. The minimum absolute atomic E-state index is 0.236. The summed E-state index contributed by atoms with van der Waals surface area (Å²) in [6.07, 6.45) is 1.16. The summed E-state index contributed by atoms with van der Waals surface area (Å²) in [5.74, 6) is -2.06. The highest BCUT2D eigenvalue weighted by Crippen LogP contribution is 2.27. The molecule has 33 heavy (non-hydrogen) atoms. The summed E-state index contributed by atoms with van der Waals surface area (Å²) in [7, 11) is 0. The van der Waals surface area contributed by atoms with Crippen LogP contribution >= 0.6 is 0 Å². The molecule has 2 aromatic rings. The van der Waals surface area contributed by atoms with E-state index >= 15 is 0 Å². The fourth-order valence-electron chi connectivity index (χ4n) is 3.77. The van der Waals surface area contributed by atoms with Gasteiger partial charge < -0.3 is 27.0 Å². The summed E-state index contributed by atoms with van der Waals surface area (Å²) in [6.45, 7) is 1.21. The quantitative estimate of drug-likeness (QED) is 0.446. The van der Waals surface area contributed by atoms with Crippen molar-refractivity contribution in [3.8, 4) is 0 Å². The number of benzene rings is 2. The fourth-order valence-corrected chi connectivity index (χ4v) is 3.77. The number of carbonyl (C=O) groups is 4. The Morgan fingerprint density at radius 2 is 1.76 bits per heavy atom. The van der Waals surface area contributed by atoms with Crippen molar-refractivity contribution in [1.82, 2.24) is 10.6 Å². The second kappa shape index (κ2) is 10.7. The third-order valence-corrected chi connectivity index (χ3v) is 5.54. The molecule has 9 heteroatoms. The van der Waals surface area contributed by atoms with E-state index in [-0.39, 0.29) is 13.0 Å².